The summed E-state index contributed by atoms with van der Waals surface area (Å²) in [6, 6.07) is 7.44. The van der Waals surface area contributed by atoms with Gasteiger partial charge < -0.3 is 11.1 Å². The number of amides is 1. The van der Waals surface area contributed by atoms with Crippen LogP contribution in [0.15, 0.2) is 24.3 Å². The summed E-state index contributed by atoms with van der Waals surface area (Å²) in [4.78, 5) is 11.7. The van der Waals surface area contributed by atoms with E-state index in [1.54, 1.807) is 0 Å². The third-order valence-electron chi connectivity index (χ3n) is 2.49. The summed E-state index contributed by atoms with van der Waals surface area (Å²) in [7, 11) is 0. The van der Waals surface area contributed by atoms with E-state index in [1.807, 2.05) is 24.3 Å². The topological polar surface area (TPSA) is 55.1 Å². The van der Waals surface area contributed by atoms with Crippen LogP contribution in [-0.4, -0.2) is 12.5 Å². The van der Waals surface area contributed by atoms with E-state index in [2.05, 4.69) is 12.2 Å². The maximum absolute atomic E-state index is 11.7. The van der Waals surface area contributed by atoms with Gasteiger partial charge in [-0.3, -0.25) is 4.79 Å². The van der Waals surface area contributed by atoms with Gasteiger partial charge in [0.05, 0.1) is 0 Å². The van der Waals surface area contributed by atoms with Crippen LogP contribution in [0.4, 0.5) is 0 Å². The highest BCUT2D eigenvalue weighted by atomic mass is 16.1. The van der Waals surface area contributed by atoms with Gasteiger partial charge in [-0.05, 0) is 24.1 Å². The van der Waals surface area contributed by atoms with Crippen LogP contribution in [0.3, 0.4) is 0 Å². The molecule has 0 radical (unpaired) electrons. The lowest BCUT2D eigenvalue weighted by molar-refractivity contribution is 0.0953. The zero-order valence-electron chi connectivity index (χ0n) is 9.83. The molecule has 0 aliphatic carbocycles. The molecule has 1 rings (SSSR count). The third-order valence-corrected chi connectivity index (χ3v) is 2.49. The smallest absolute Gasteiger partial charge is 0.251 e. The van der Waals surface area contributed by atoms with E-state index in [0.717, 1.165) is 24.9 Å². The van der Waals surface area contributed by atoms with Crippen LogP contribution in [0, 0.1) is 0 Å². The quantitative estimate of drug-likeness (QED) is 0.721. The lowest BCUT2D eigenvalue weighted by Gasteiger charge is -2.05. The fourth-order valence-corrected chi connectivity index (χ4v) is 1.52. The molecule has 0 aromatic heterocycles. The first-order valence-corrected chi connectivity index (χ1v) is 5.85. The van der Waals surface area contributed by atoms with Crippen molar-refractivity contribution in [1.82, 2.24) is 5.32 Å². The molecule has 1 aromatic rings. The molecule has 0 aliphatic rings. The molecule has 0 saturated carbocycles. The van der Waals surface area contributed by atoms with Gasteiger partial charge in [0.15, 0.2) is 0 Å². The first-order valence-electron chi connectivity index (χ1n) is 5.85. The number of unbranched alkanes of at least 4 members (excludes halogenated alkanes) is 2. The number of rotatable bonds is 6. The molecule has 0 aliphatic heterocycles. The molecule has 16 heavy (non-hydrogen) atoms. The van der Waals surface area contributed by atoms with Crippen molar-refractivity contribution in [3.05, 3.63) is 35.4 Å². The molecule has 3 heteroatoms. The van der Waals surface area contributed by atoms with Crippen molar-refractivity contribution in [2.24, 2.45) is 5.73 Å². The van der Waals surface area contributed by atoms with Crippen molar-refractivity contribution >= 4 is 5.91 Å². The Hall–Kier alpha value is -1.35. The van der Waals surface area contributed by atoms with Crippen molar-refractivity contribution in [1.29, 1.82) is 0 Å². The summed E-state index contributed by atoms with van der Waals surface area (Å²) in [5.74, 6) is -0.00796. The van der Waals surface area contributed by atoms with Crippen LogP contribution >= 0.6 is 0 Å². The fourth-order valence-electron chi connectivity index (χ4n) is 1.52. The standard InChI is InChI=1S/C13H20N2O/c1-2-3-4-8-15-13(16)12-7-5-6-11(9-12)10-14/h5-7,9H,2-4,8,10,14H2,1H3,(H,15,16). The zero-order valence-corrected chi connectivity index (χ0v) is 9.83. The molecule has 0 spiro atoms. The fraction of sp³-hybridized carbons (Fsp3) is 0.462. The normalized spacial score (nSPS) is 10.1. The molecule has 88 valence electrons. The summed E-state index contributed by atoms with van der Waals surface area (Å²) in [6.07, 6.45) is 3.36. The minimum Gasteiger partial charge on any atom is -0.352 e. The van der Waals surface area contributed by atoms with E-state index in [1.165, 1.54) is 6.42 Å². The van der Waals surface area contributed by atoms with E-state index in [4.69, 9.17) is 5.73 Å². The first-order chi connectivity index (χ1) is 7.77. The van der Waals surface area contributed by atoms with Gasteiger partial charge in [-0.15, -0.1) is 0 Å². The number of benzene rings is 1. The summed E-state index contributed by atoms with van der Waals surface area (Å²) >= 11 is 0. The van der Waals surface area contributed by atoms with Crippen molar-refractivity contribution < 1.29 is 4.79 Å². The van der Waals surface area contributed by atoms with E-state index in [0.29, 0.717) is 12.1 Å². The Kier molecular flexibility index (Phi) is 5.57. The molecule has 3 N–H and O–H groups in total. The monoisotopic (exact) mass is 220 g/mol. The minimum atomic E-state index is -0.00796. The molecule has 3 nitrogen and oxygen atoms in total. The van der Waals surface area contributed by atoms with E-state index >= 15 is 0 Å². The van der Waals surface area contributed by atoms with Crippen LogP contribution in [0.1, 0.15) is 42.1 Å². The van der Waals surface area contributed by atoms with Gasteiger partial charge in [-0.1, -0.05) is 31.9 Å². The molecule has 0 heterocycles. The molecule has 0 unspecified atom stereocenters. The molecular weight excluding hydrogens is 200 g/mol. The van der Waals surface area contributed by atoms with Crippen LogP contribution < -0.4 is 11.1 Å². The van der Waals surface area contributed by atoms with Crippen molar-refractivity contribution in [2.45, 2.75) is 32.7 Å². The van der Waals surface area contributed by atoms with Crippen molar-refractivity contribution in [3.63, 3.8) is 0 Å². The number of nitrogens with two attached hydrogens (primary N) is 1. The number of hydrogen-bond donors (Lipinski definition) is 2. The maximum Gasteiger partial charge on any atom is 0.251 e. The SMILES string of the molecule is CCCCCNC(=O)c1cccc(CN)c1. The number of carbonyl (C=O) groups is 1. The van der Waals surface area contributed by atoms with Gasteiger partial charge in [-0.2, -0.15) is 0 Å². The lowest BCUT2D eigenvalue weighted by Crippen LogP contribution is -2.24. The highest BCUT2D eigenvalue weighted by molar-refractivity contribution is 5.94. The second kappa shape index (κ2) is 7.01. The van der Waals surface area contributed by atoms with Crippen LogP contribution in [-0.2, 0) is 6.54 Å². The predicted octanol–water partition coefficient (Wildman–Crippen LogP) is 2.07. The highest BCUT2D eigenvalue weighted by Gasteiger charge is 2.04. The van der Waals surface area contributed by atoms with Crippen LogP contribution in [0.5, 0.6) is 0 Å². The Morgan fingerprint density at radius 2 is 2.19 bits per heavy atom. The third kappa shape index (κ3) is 4.03. The van der Waals surface area contributed by atoms with Crippen LogP contribution in [0.2, 0.25) is 0 Å². The van der Waals surface area contributed by atoms with E-state index in [9.17, 15) is 4.79 Å². The number of carbonyl (C=O) groups excluding carboxylic acids is 1. The Balaban J connectivity index is 2.46. The molecule has 0 fully saturated rings. The summed E-state index contributed by atoms with van der Waals surface area (Å²) in [5.41, 5.74) is 7.21. The molecule has 0 bridgehead atoms. The second-order valence-electron chi connectivity index (χ2n) is 3.87. The van der Waals surface area contributed by atoms with Crippen LogP contribution in [0.25, 0.3) is 0 Å². The van der Waals surface area contributed by atoms with Gasteiger partial charge in [0.2, 0.25) is 0 Å². The maximum atomic E-state index is 11.7. The molecule has 0 atom stereocenters. The molecule has 1 aromatic carbocycles. The average Bonchev–Trinajstić information content (AvgIpc) is 2.34. The van der Waals surface area contributed by atoms with E-state index in [-0.39, 0.29) is 5.91 Å². The van der Waals surface area contributed by atoms with Gasteiger partial charge in [0.1, 0.15) is 0 Å². The summed E-state index contributed by atoms with van der Waals surface area (Å²) in [5, 5.41) is 2.91. The van der Waals surface area contributed by atoms with Crippen molar-refractivity contribution in [3.8, 4) is 0 Å². The largest absolute Gasteiger partial charge is 0.352 e. The van der Waals surface area contributed by atoms with Gasteiger partial charge >= 0.3 is 0 Å². The zero-order chi connectivity index (χ0) is 11.8. The summed E-state index contributed by atoms with van der Waals surface area (Å²) in [6.45, 7) is 3.36. The van der Waals surface area contributed by atoms with E-state index < -0.39 is 0 Å². The average molecular weight is 220 g/mol. The lowest BCUT2D eigenvalue weighted by atomic mass is 10.1. The van der Waals surface area contributed by atoms with Gasteiger partial charge in [0, 0.05) is 18.7 Å². The Bertz CT molecular complexity index is 336. The number of hydrogen-bond acceptors (Lipinski definition) is 2. The molecule has 0 saturated heterocycles. The van der Waals surface area contributed by atoms with Gasteiger partial charge in [0.25, 0.3) is 5.91 Å². The Morgan fingerprint density at radius 1 is 1.38 bits per heavy atom. The highest BCUT2D eigenvalue weighted by Crippen LogP contribution is 2.04. The minimum absolute atomic E-state index is 0.00796. The number of nitrogens with one attached hydrogen (secondary N) is 1. The predicted molar refractivity (Wildman–Crippen MR) is 66.2 cm³/mol. The molecular formula is C13H20N2O. The Morgan fingerprint density at radius 3 is 2.88 bits per heavy atom. The summed E-state index contributed by atoms with van der Waals surface area (Å²) < 4.78 is 0. The van der Waals surface area contributed by atoms with Gasteiger partial charge in [-0.25, -0.2) is 0 Å². The second-order valence-corrected chi connectivity index (χ2v) is 3.87. The molecule has 1 amide bonds. The van der Waals surface area contributed by atoms with Crippen molar-refractivity contribution in [2.75, 3.05) is 6.54 Å². The Labute approximate surface area is 97.0 Å². The first kappa shape index (κ1) is 12.7.